The summed E-state index contributed by atoms with van der Waals surface area (Å²) >= 11 is 5.89. The molecule has 2 aromatic rings. The first-order chi connectivity index (χ1) is 9.78. The maximum atomic E-state index is 13.2. The average Bonchev–Trinajstić information content (AvgIpc) is 2.39. The predicted octanol–water partition coefficient (Wildman–Crippen LogP) is 4.86. The van der Waals surface area contributed by atoms with E-state index in [4.69, 9.17) is 11.6 Å². The molecular formula is C14H7ClF4O2. The third kappa shape index (κ3) is 3.95. The molecule has 21 heavy (non-hydrogen) atoms. The van der Waals surface area contributed by atoms with Crippen LogP contribution in [0.4, 0.5) is 17.6 Å². The van der Waals surface area contributed by atoms with Crippen molar-refractivity contribution in [1.82, 2.24) is 0 Å². The van der Waals surface area contributed by atoms with Crippen LogP contribution >= 0.6 is 11.6 Å². The van der Waals surface area contributed by atoms with Gasteiger partial charge in [-0.2, -0.15) is 0 Å². The molecule has 0 atom stereocenters. The van der Waals surface area contributed by atoms with E-state index in [-0.39, 0.29) is 21.7 Å². The van der Waals surface area contributed by atoms with Gasteiger partial charge >= 0.3 is 6.36 Å². The molecule has 2 nitrogen and oxygen atoms in total. The fraction of sp³-hybridized carbons (Fsp3) is 0.0714. The van der Waals surface area contributed by atoms with Gasteiger partial charge in [-0.1, -0.05) is 11.6 Å². The molecule has 0 aromatic heterocycles. The first-order valence-corrected chi connectivity index (χ1v) is 5.98. The van der Waals surface area contributed by atoms with Crippen LogP contribution in [0.25, 0.3) is 11.1 Å². The Morgan fingerprint density at radius 1 is 1.10 bits per heavy atom. The van der Waals surface area contributed by atoms with E-state index < -0.39 is 17.9 Å². The van der Waals surface area contributed by atoms with Gasteiger partial charge in [0.25, 0.3) is 0 Å². The zero-order valence-corrected chi connectivity index (χ0v) is 11.0. The number of benzene rings is 2. The average molecular weight is 319 g/mol. The summed E-state index contributed by atoms with van der Waals surface area (Å²) in [6.07, 6.45) is -4.54. The Kier molecular flexibility index (Phi) is 4.18. The van der Waals surface area contributed by atoms with Crippen molar-refractivity contribution in [3.63, 3.8) is 0 Å². The van der Waals surface area contributed by atoms with Gasteiger partial charge in [0.15, 0.2) is 0 Å². The lowest BCUT2D eigenvalue weighted by molar-refractivity contribution is -0.274. The van der Waals surface area contributed by atoms with Crippen LogP contribution in [0.5, 0.6) is 5.75 Å². The molecule has 0 radical (unpaired) electrons. The molecule has 7 heteroatoms. The minimum atomic E-state index is -4.90. The number of ether oxygens (including phenoxy) is 1. The summed E-state index contributed by atoms with van der Waals surface area (Å²) in [6.45, 7) is 0. The highest BCUT2D eigenvalue weighted by atomic mass is 35.5. The van der Waals surface area contributed by atoms with Crippen molar-refractivity contribution >= 4 is 17.9 Å². The van der Waals surface area contributed by atoms with Crippen LogP contribution in [0.3, 0.4) is 0 Å². The van der Waals surface area contributed by atoms with Crippen LogP contribution in [-0.4, -0.2) is 12.6 Å². The largest absolute Gasteiger partial charge is 0.573 e. The van der Waals surface area contributed by atoms with E-state index in [1.165, 1.54) is 12.1 Å². The van der Waals surface area contributed by atoms with E-state index >= 15 is 0 Å². The van der Waals surface area contributed by atoms with Gasteiger partial charge < -0.3 is 4.74 Å². The normalized spacial score (nSPS) is 11.3. The quantitative estimate of drug-likeness (QED) is 0.597. The van der Waals surface area contributed by atoms with Crippen LogP contribution in [0.15, 0.2) is 36.4 Å². The highest BCUT2D eigenvalue weighted by Crippen LogP contribution is 2.33. The summed E-state index contributed by atoms with van der Waals surface area (Å²) in [6, 6.07) is 6.69. The summed E-state index contributed by atoms with van der Waals surface area (Å²) in [5.41, 5.74) is 0.253. The van der Waals surface area contributed by atoms with Crippen molar-refractivity contribution in [3.8, 4) is 16.9 Å². The molecule has 0 spiro atoms. The molecule has 0 saturated heterocycles. The number of hydrogen-bond donors (Lipinski definition) is 0. The second kappa shape index (κ2) is 5.73. The molecule has 2 aromatic carbocycles. The van der Waals surface area contributed by atoms with Gasteiger partial charge in [0.1, 0.15) is 17.9 Å². The van der Waals surface area contributed by atoms with Crippen molar-refractivity contribution in [3.05, 3.63) is 52.8 Å². The summed E-state index contributed by atoms with van der Waals surface area (Å²) in [5.74, 6) is -1.19. The van der Waals surface area contributed by atoms with Crippen LogP contribution in [0, 0.1) is 5.82 Å². The Morgan fingerprint density at radius 3 is 2.43 bits per heavy atom. The standard InChI is InChI=1S/C14H7ClF4O2/c15-13-2-1-10(16)6-12(13)9-3-8(7-20)4-11(5-9)21-14(17,18)19/h1-7H. The van der Waals surface area contributed by atoms with Gasteiger partial charge in [-0.05, 0) is 42.0 Å². The number of carbonyl (C=O) groups excluding carboxylic acids is 1. The third-order valence-corrected chi connectivity index (χ3v) is 2.87. The van der Waals surface area contributed by atoms with E-state index in [0.717, 1.165) is 24.3 Å². The summed E-state index contributed by atoms with van der Waals surface area (Å²) in [5, 5.41) is 0.136. The molecule has 0 aliphatic carbocycles. The van der Waals surface area contributed by atoms with Gasteiger partial charge in [0.2, 0.25) is 0 Å². The summed E-state index contributed by atoms with van der Waals surface area (Å²) < 4.78 is 53.8. The molecule has 2 rings (SSSR count). The summed E-state index contributed by atoms with van der Waals surface area (Å²) in [7, 11) is 0. The van der Waals surface area contributed by atoms with Crippen LogP contribution < -0.4 is 4.74 Å². The van der Waals surface area contributed by atoms with E-state index in [1.807, 2.05) is 0 Å². The van der Waals surface area contributed by atoms with Crippen LogP contribution in [0.1, 0.15) is 10.4 Å². The third-order valence-electron chi connectivity index (χ3n) is 2.54. The van der Waals surface area contributed by atoms with Gasteiger partial charge in [-0.3, -0.25) is 4.79 Å². The fourth-order valence-corrected chi connectivity index (χ4v) is 1.98. The Labute approximate surface area is 121 Å². The lowest BCUT2D eigenvalue weighted by atomic mass is 10.0. The minimum absolute atomic E-state index is 0.0490. The molecule has 0 bridgehead atoms. The molecular weight excluding hydrogens is 312 g/mol. The lowest BCUT2D eigenvalue weighted by Gasteiger charge is -2.12. The van der Waals surface area contributed by atoms with Crippen molar-refractivity contribution < 1.29 is 27.1 Å². The molecule has 0 N–H and O–H groups in total. The lowest BCUT2D eigenvalue weighted by Crippen LogP contribution is -2.17. The smallest absolute Gasteiger partial charge is 0.406 e. The first kappa shape index (κ1) is 15.3. The second-order valence-electron chi connectivity index (χ2n) is 4.08. The molecule has 0 amide bonds. The zero-order chi connectivity index (χ0) is 15.6. The predicted molar refractivity (Wildman–Crippen MR) is 68.9 cm³/mol. The number of hydrogen-bond acceptors (Lipinski definition) is 2. The maximum absolute atomic E-state index is 13.2. The number of carbonyl (C=O) groups is 1. The number of halogens is 5. The fourth-order valence-electron chi connectivity index (χ4n) is 1.76. The highest BCUT2D eigenvalue weighted by molar-refractivity contribution is 6.33. The van der Waals surface area contributed by atoms with Crippen LogP contribution in [0.2, 0.25) is 5.02 Å². The second-order valence-corrected chi connectivity index (χ2v) is 4.49. The van der Waals surface area contributed by atoms with Gasteiger partial charge in [0, 0.05) is 16.1 Å². The first-order valence-electron chi connectivity index (χ1n) is 5.60. The SMILES string of the molecule is O=Cc1cc(OC(F)(F)F)cc(-c2cc(F)ccc2Cl)c1. The molecule has 0 aliphatic rings. The Bertz CT molecular complexity index is 683. The molecule has 110 valence electrons. The Balaban J connectivity index is 2.55. The molecule has 0 heterocycles. The Hall–Kier alpha value is -2.08. The number of rotatable bonds is 3. The number of aldehydes is 1. The van der Waals surface area contributed by atoms with E-state index in [2.05, 4.69) is 4.74 Å². The minimum Gasteiger partial charge on any atom is -0.406 e. The zero-order valence-electron chi connectivity index (χ0n) is 10.2. The Morgan fingerprint density at radius 2 is 1.81 bits per heavy atom. The number of alkyl halides is 3. The van der Waals surface area contributed by atoms with Crippen molar-refractivity contribution in [1.29, 1.82) is 0 Å². The molecule has 0 saturated carbocycles. The van der Waals surface area contributed by atoms with Gasteiger partial charge in [0.05, 0.1) is 0 Å². The summed E-state index contributed by atoms with van der Waals surface area (Å²) in [4.78, 5) is 10.8. The molecule has 0 aliphatic heterocycles. The molecule has 0 unspecified atom stereocenters. The topological polar surface area (TPSA) is 26.3 Å². The maximum Gasteiger partial charge on any atom is 0.573 e. The van der Waals surface area contributed by atoms with E-state index in [9.17, 15) is 22.4 Å². The van der Waals surface area contributed by atoms with Crippen molar-refractivity contribution in [2.75, 3.05) is 0 Å². The van der Waals surface area contributed by atoms with Gasteiger partial charge in [-0.25, -0.2) is 4.39 Å². The van der Waals surface area contributed by atoms with Crippen molar-refractivity contribution in [2.24, 2.45) is 0 Å². The van der Waals surface area contributed by atoms with Crippen LogP contribution in [-0.2, 0) is 0 Å². The highest BCUT2D eigenvalue weighted by Gasteiger charge is 2.31. The van der Waals surface area contributed by atoms with Gasteiger partial charge in [-0.15, -0.1) is 13.2 Å². The molecule has 0 fully saturated rings. The van der Waals surface area contributed by atoms with E-state index in [1.54, 1.807) is 0 Å². The van der Waals surface area contributed by atoms with E-state index in [0.29, 0.717) is 6.29 Å². The monoisotopic (exact) mass is 318 g/mol. The van der Waals surface area contributed by atoms with Crippen molar-refractivity contribution in [2.45, 2.75) is 6.36 Å².